The molecule has 0 unspecified atom stereocenters. The van der Waals surface area contributed by atoms with E-state index in [9.17, 15) is 9.90 Å². The summed E-state index contributed by atoms with van der Waals surface area (Å²) in [5, 5.41) is 13.0. The maximum atomic E-state index is 12.4. The minimum atomic E-state index is 0.0322. The van der Waals surface area contributed by atoms with Gasteiger partial charge in [-0.3, -0.25) is 9.69 Å². The van der Waals surface area contributed by atoms with Crippen LogP contribution in [0.25, 0.3) is 0 Å². The van der Waals surface area contributed by atoms with E-state index in [1.807, 2.05) is 4.90 Å². The number of benzene rings is 1. The highest BCUT2D eigenvalue weighted by molar-refractivity contribution is 5.96. The van der Waals surface area contributed by atoms with Crippen molar-refractivity contribution in [3.8, 4) is 5.75 Å². The number of hydrogen-bond acceptors (Lipinski definition) is 4. The minimum Gasteiger partial charge on any atom is -0.508 e. The molecule has 2 heterocycles. The molecule has 0 radical (unpaired) electrons. The molecule has 2 aliphatic rings. The van der Waals surface area contributed by atoms with E-state index in [2.05, 4.69) is 10.2 Å². The van der Waals surface area contributed by atoms with Gasteiger partial charge in [-0.1, -0.05) is 6.07 Å². The second-order valence-corrected chi connectivity index (χ2v) is 5.60. The Morgan fingerprint density at radius 1 is 1.30 bits per heavy atom. The van der Waals surface area contributed by atoms with Crippen molar-refractivity contribution in [1.29, 1.82) is 0 Å². The minimum absolute atomic E-state index is 0.0322. The molecule has 2 saturated heterocycles. The molecule has 0 aliphatic carbocycles. The van der Waals surface area contributed by atoms with Crippen LogP contribution in [0.5, 0.6) is 5.75 Å². The number of piperazine rings is 1. The van der Waals surface area contributed by atoms with Gasteiger partial charge >= 0.3 is 0 Å². The molecule has 0 saturated carbocycles. The Kier molecular flexibility index (Phi) is 3.63. The standard InChI is InChI=1S/C15H21N3O2/c1-11-13(3-2-4-14(11)19)15(20)18-9-12(10-18)17-7-5-16-6-8-17/h2-4,12,16,19H,5-10H2,1H3. The highest BCUT2D eigenvalue weighted by Gasteiger charge is 2.35. The lowest BCUT2D eigenvalue weighted by molar-refractivity contribution is 0.0226. The number of carbonyl (C=O) groups is 1. The van der Waals surface area contributed by atoms with Gasteiger partial charge in [0.25, 0.3) is 5.91 Å². The predicted molar refractivity (Wildman–Crippen MR) is 77.0 cm³/mol. The Balaban J connectivity index is 1.61. The molecule has 1 aromatic rings. The first-order chi connectivity index (χ1) is 9.66. The van der Waals surface area contributed by atoms with Crippen molar-refractivity contribution in [2.45, 2.75) is 13.0 Å². The number of amides is 1. The second kappa shape index (κ2) is 5.42. The summed E-state index contributed by atoms with van der Waals surface area (Å²) in [6.45, 7) is 7.60. The number of nitrogens with one attached hydrogen (secondary N) is 1. The first-order valence-corrected chi connectivity index (χ1v) is 7.19. The molecule has 108 valence electrons. The van der Waals surface area contributed by atoms with Gasteiger partial charge in [0.05, 0.1) is 0 Å². The van der Waals surface area contributed by atoms with E-state index in [-0.39, 0.29) is 11.7 Å². The highest BCUT2D eigenvalue weighted by atomic mass is 16.3. The maximum Gasteiger partial charge on any atom is 0.254 e. The highest BCUT2D eigenvalue weighted by Crippen LogP contribution is 2.24. The topological polar surface area (TPSA) is 55.8 Å². The summed E-state index contributed by atoms with van der Waals surface area (Å²) in [5.41, 5.74) is 1.28. The lowest BCUT2D eigenvalue weighted by atomic mass is 10.0. The van der Waals surface area contributed by atoms with Crippen molar-refractivity contribution in [1.82, 2.24) is 15.1 Å². The summed E-state index contributed by atoms with van der Waals surface area (Å²) in [4.78, 5) is 16.7. The van der Waals surface area contributed by atoms with E-state index in [0.717, 1.165) is 39.3 Å². The van der Waals surface area contributed by atoms with Crippen molar-refractivity contribution in [2.24, 2.45) is 0 Å². The molecule has 0 spiro atoms. The Morgan fingerprint density at radius 2 is 2.00 bits per heavy atom. The third-order valence-electron chi connectivity index (χ3n) is 4.35. The lowest BCUT2D eigenvalue weighted by Crippen LogP contribution is -2.63. The predicted octanol–water partition coefficient (Wildman–Crippen LogP) is 0.430. The average Bonchev–Trinajstić information content (AvgIpc) is 2.41. The summed E-state index contributed by atoms with van der Waals surface area (Å²) in [6, 6.07) is 5.63. The van der Waals surface area contributed by atoms with Crippen LogP contribution in [0.3, 0.4) is 0 Å². The number of likely N-dealkylation sites (tertiary alicyclic amines) is 1. The number of rotatable bonds is 2. The number of phenolic OH excluding ortho intramolecular Hbond substituents is 1. The van der Waals surface area contributed by atoms with E-state index in [0.29, 0.717) is 17.2 Å². The van der Waals surface area contributed by atoms with Crippen LogP contribution in [-0.4, -0.2) is 66.1 Å². The SMILES string of the molecule is Cc1c(O)cccc1C(=O)N1CC(N2CCNCC2)C1. The second-order valence-electron chi connectivity index (χ2n) is 5.60. The number of phenols is 1. The van der Waals surface area contributed by atoms with Crippen LogP contribution in [0, 0.1) is 6.92 Å². The molecule has 0 aromatic heterocycles. The number of carbonyl (C=O) groups excluding carboxylic acids is 1. The van der Waals surface area contributed by atoms with Crippen molar-refractivity contribution >= 4 is 5.91 Å². The maximum absolute atomic E-state index is 12.4. The largest absolute Gasteiger partial charge is 0.508 e. The van der Waals surface area contributed by atoms with Crippen LogP contribution in [0.1, 0.15) is 15.9 Å². The Labute approximate surface area is 119 Å². The van der Waals surface area contributed by atoms with Crippen molar-refractivity contribution in [3.05, 3.63) is 29.3 Å². The fraction of sp³-hybridized carbons (Fsp3) is 0.533. The molecule has 2 N–H and O–H groups in total. The molecule has 5 nitrogen and oxygen atoms in total. The molecule has 0 atom stereocenters. The molecular weight excluding hydrogens is 254 g/mol. The monoisotopic (exact) mass is 275 g/mol. The van der Waals surface area contributed by atoms with Crippen LogP contribution < -0.4 is 5.32 Å². The van der Waals surface area contributed by atoms with Gasteiger partial charge in [0.1, 0.15) is 5.75 Å². The summed E-state index contributed by atoms with van der Waals surface area (Å²) in [7, 11) is 0. The molecule has 1 aromatic carbocycles. The quantitative estimate of drug-likeness (QED) is 0.822. The summed E-state index contributed by atoms with van der Waals surface area (Å²) in [5.74, 6) is 0.222. The Hall–Kier alpha value is -1.59. The molecule has 2 aliphatic heterocycles. The smallest absolute Gasteiger partial charge is 0.254 e. The van der Waals surface area contributed by atoms with Crippen molar-refractivity contribution < 1.29 is 9.90 Å². The average molecular weight is 275 g/mol. The van der Waals surface area contributed by atoms with Gasteiger partial charge in [-0.15, -0.1) is 0 Å². The van der Waals surface area contributed by atoms with Crippen LogP contribution in [-0.2, 0) is 0 Å². The molecule has 20 heavy (non-hydrogen) atoms. The fourth-order valence-electron chi connectivity index (χ4n) is 2.92. The van der Waals surface area contributed by atoms with E-state index < -0.39 is 0 Å². The van der Waals surface area contributed by atoms with Gasteiger partial charge < -0.3 is 15.3 Å². The van der Waals surface area contributed by atoms with Crippen molar-refractivity contribution in [2.75, 3.05) is 39.3 Å². The number of nitrogens with zero attached hydrogens (tertiary/aromatic N) is 2. The Morgan fingerprint density at radius 3 is 2.70 bits per heavy atom. The zero-order valence-electron chi connectivity index (χ0n) is 11.8. The summed E-state index contributed by atoms with van der Waals surface area (Å²) in [6.07, 6.45) is 0. The van der Waals surface area contributed by atoms with E-state index in [1.165, 1.54) is 0 Å². The van der Waals surface area contributed by atoms with Crippen LogP contribution in [0.2, 0.25) is 0 Å². The van der Waals surface area contributed by atoms with Gasteiger partial charge in [-0.05, 0) is 19.1 Å². The van der Waals surface area contributed by atoms with Crippen LogP contribution in [0.4, 0.5) is 0 Å². The first kappa shape index (κ1) is 13.4. The molecular formula is C15H21N3O2. The summed E-state index contributed by atoms with van der Waals surface area (Å²) < 4.78 is 0. The van der Waals surface area contributed by atoms with Gasteiger partial charge in [0.2, 0.25) is 0 Å². The number of hydrogen-bond donors (Lipinski definition) is 2. The van der Waals surface area contributed by atoms with Crippen LogP contribution >= 0.6 is 0 Å². The normalized spacial score (nSPS) is 20.8. The van der Waals surface area contributed by atoms with Crippen LogP contribution in [0.15, 0.2) is 18.2 Å². The van der Waals surface area contributed by atoms with E-state index >= 15 is 0 Å². The van der Waals surface area contributed by atoms with Gasteiger partial charge in [-0.2, -0.15) is 0 Å². The van der Waals surface area contributed by atoms with E-state index in [4.69, 9.17) is 0 Å². The zero-order valence-corrected chi connectivity index (χ0v) is 11.8. The Bertz CT molecular complexity index is 506. The van der Waals surface area contributed by atoms with Gasteiger partial charge in [0.15, 0.2) is 0 Å². The number of aromatic hydroxyl groups is 1. The molecule has 1 amide bonds. The third kappa shape index (κ3) is 2.39. The summed E-state index contributed by atoms with van der Waals surface area (Å²) >= 11 is 0. The van der Waals surface area contributed by atoms with Crippen molar-refractivity contribution in [3.63, 3.8) is 0 Å². The molecule has 0 bridgehead atoms. The fourth-order valence-corrected chi connectivity index (χ4v) is 2.92. The van der Waals surface area contributed by atoms with Gasteiger partial charge in [-0.25, -0.2) is 0 Å². The van der Waals surface area contributed by atoms with E-state index in [1.54, 1.807) is 25.1 Å². The first-order valence-electron chi connectivity index (χ1n) is 7.19. The van der Waals surface area contributed by atoms with Gasteiger partial charge in [0, 0.05) is 56.4 Å². The lowest BCUT2D eigenvalue weighted by Gasteiger charge is -2.46. The molecule has 5 heteroatoms. The third-order valence-corrected chi connectivity index (χ3v) is 4.35. The zero-order chi connectivity index (χ0) is 14.1. The molecule has 2 fully saturated rings. The molecule has 3 rings (SSSR count).